The zero-order valence-corrected chi connectivity index (χ0v) is 22.9. The maximum absolute atomic E-state index is 14.1. The first-order chi connectivity index (χ1) is 19.0. The third-order valence-corrected chi connectivity index (χ3v) is 8.71. The molecule has 2 aliphatic heterocycles. The summed E-state index contributed by atoms with van der Waals surface area (Å²) >= 11 is 6.11. The number of pyridine rings is 1. The van der Waals surface area contributed by atoms with E-state index in [9.17, 15) is 9.59 Å². The van der Waals surface area contributed by atoms with Gasteiger partial charge in [-0.3, -0.25) is 14.6 Å². The lowest BCUT2D eigenvalue weighted by molar-refractivity contribution is -0.136. The van der Waals surface area contributed by atoms with E-state index in [1.54, 1.807) is 12.4 Å². The summed E-state index contributed by atoms with van der Waals surface area (Å²) in [6.07, 6.45) is 7.77. The fraction of sp³-hybridized carbons (Fsp3) is 0.344. The Morgan fingerprint density at radius 2 is 1.64 bits per heavy atom. The lowest BCUT2D eigenvalue weighted by Crippen LogP contribution is -2.50. The van der Waals surface area contributed by atoms with Gasteiger partial charge in [-0.1, -0.05) is 41.9 Å². The van der Waals surface area contributed by atoms with E-state index in [-0.39, 0.29) is 29.8 Å². The summed E-state index contributed by atoms with van der Waals surface area (Å²) in [6.45, 7) is 1.28. The molecule has 2 fully saturated rings. The van der Waals surface area contributed by atoms with Crippen LogP contribution in [0, 0.1) is 5.92 Å². The normalized spacial score (nSPS) is 20.4. The van der Waals surface area contributed by atoms with E-state index in [0.717, 1.165) is 48.6 Å². The molecule has 200 valence electrons. The van der Waals surface area contributed by atoms with E-state index < -0.39 is 0 Å². The van der Waals surface area contributed by atoms with Gasteiger partial charge in [0.15, 0.2) is 0 Å². The zero-order chi connectivity index (χ0) is 26.9. The molecule has 2 aliphatic rings. The summed E-state index contributed by atoms with van der Waals surface area (Å²) < 4.78 is 2.13. The van der Waals surface area contributed by atoms with Crippen molar-refractivity contribution in [2.24, 2.45) is 5.92 Å². The Labute approximate surface area is 234 Å². The van der Waals surface area contributed by atoms with Gasteiger partial charge in [0.1, 0.15) is 5.69 Å². The number of para-hydroxylation sites is 1. The van der Waals surface area contributed by atoms with Crippen LogP contribution in [0.4, 0.5) is 0 Å². The number of nitrogens with zero attached hydrogens (tertiary/aromatic N) is 4. The number of amides is 2. The van der Waals surface area contributed by atoms with E-state index in [1.807, 2.05) is 66.5 Å². The molecule has 2 aromatic carbocycles. The van der Waals surface area contributed by atoms with E-state index in [0.29, 0.717) is 23.8 Å². The van der Waals surface area contributed by atoms with Crippen LogP contribution in [-0.4, -0.2) is 56.8 Å². The van der Waals surface area contributed by atoms with Crippen LogP contribution in [0.5, 0.6) is 0 Å². The molecule has 6 nitrogen and oxygen atoms in total. The predicted molar refractivity (Wildman–Crippen MR) is 154 cm³/mol. The van der Waals surface area contributed by atoms with Gasteiger partial charge >= 0.3 is 0 Å². The second-order valence-corrected chi connectivity index (χ2v) is 11.4. The van der Waals surface area contributed by atoms with Gasteiger partial charge in [0.2, 0.25) is 5.91 Å². The third-order valence-electron chi connectivity index (χ3n) is 8.46. The van der Waals surface area contributed by atoms with E-state index in [4.69, 9.17) is 11.6 Å². The molecule has 0 N–H and O–H groups in total. The Kier molecular flexibility index (Phi) is 7.13. The van der Waals surface area contributed by atoms with E-state index in [2.05, 4.69) is 26.6 Å². The molecule has 39 heavy (non-hydrogen) atoms. The highest BCUT2D eigenvalue weighted by Crippen LogP contribution is 2.40. The molecule has 7 heteroatoms. The van der Waals surface area contributed by atoms with Crippen molar-refractivity contribution >= 4 is 34.3 Å². The van der Waals surface area contributed by atoms with Crippen LogP contribution in [0.2, 0.25) is 5.02 Å². The van der Waals surface area contributed by atoms with Crippen LogP contribution in [0.15, 0.2) is 79.1 Å². The monoisotopic (exact) mass is 540 g/mol. The standard InChI is InChI=1S/C32H33ClN4O2/c1-35(17-14-22-12-15-34-16-13-22)31(38)25-18-27-10-11-28(19-25)37(27)32(39)30-20-24-4-2-3-5-29(24)36(30)21-23-6-8-26(33)9-7-23/h2-9,12-13,15-16,20,25,27-28H,10-11,14,17-19,21H2,1H3/t25?,27-,28+. The van der Waals surface area contributed by atoms with Crippen molar-refractivity contribution in [2.45, 2.75) is 50.7 Å². The number of carbonyl (C=O) groups excluding carboxylic acids is 2. The Bertz CT molecular complexity index is 1470. The molecule has 3 atom stereocenters. The third kappa shape index (κ3) is 5.18. The predicted octanol–water partition coefficient (Wildman–Crippen LogP) is 5.82. The van der Waals surface area contributed by atoms with Crippen LogP contribution in [0.1, 0.15) is 47.3 Å². The number of carbonyl (C=O) groups is 2. The van der Waals surface area contributed by atoms with Gasteiger partial charge in [-0.2, -0.15) is 0 Å². The zero-order valence-electron chi connectivity index (χ0n) is 22.2. The first-order valence-electron chi connectivity index (χ1n) is 13.8. The highest BCUT2D eigenvalue weighted by molar-refractivity contribution is 6.30. The molecule has 4 heterocycles. The van der Waals surface area contributed by atoms with Gasteiger partial charge in [-0.05, 0) is 79.6 Å². The fourth-order valence-corrected chi connectivity index (χ4v) is 6.57. The molecule has 2 aromatic heterocycles. The summed E-state index contributed by atoms with van der Waals surface area (Å²) in [5.41, 5.74) is 4.03. The second kappa shape index (κ2) is 10.9. The van der Waals surface area contributed by atoms with E-state index >= 15 is 0 Å². The average molecular weight is 541 g/mol. The molecule has 2 amide bonds. The topological polar surface area (TPSA) is 58.4 Å². The molecule has 0 spiro atoms. The number of piperidine rings is 1. The Morgan fingerprint density at radius 1 is 0.949 bits per heavy atom. The second-order valence-electron chi connectivity index (χ2n) is 10.9. The van der Waals surface area contributed by atoms with Gasteiger partial charge in [0, 0.05) is 66.5 Å². The maximum Gasteiger partial charge on any atom is 0.271 e. The minimum Gasteiger partial charge on any atom is -0.345 e. The minimum atomic E-state index is -0.0334. The Morgan fingerprint density at radius 3 is 2.36 bits per heavy atom. The van der Waals surface area contributed by atoms with E-state index in [1.165, 1.54) is 5.56 Å². The fourth-order valence-electron chi connectivity index (χ4n) is 6.44. The van der Waals surface area contributed by atoms with Crippen molar-refractivity contribution in [3.63, 3.8) is 0 Å². The van der Waals surface area contributed by atoms with Crippen LogP contribution in [0.3, 0.4) is 0 Å². The Hall–Kier alpha value is -3.64. The summed E-state index contributed by atoms with van der Waals surface area (Å²) in [5, 5.41) is 1.76. The largest absolute Gasteiger partial charge is 0.345 e. The van der Waals surface area contributed by atoms with Gasteiger partial charge in [-0.25, -0.2) is 0 Å². The number of fused-ring (bicyclic) bond motifs is 3. The van der Waals surface area contributed by atoms with Gasteiger partial charge in [0.05, 0.1) is 0 Å². The van der Waals surface area contributed by atoms with Crippen LogP contribution in [0.25, 0.3) is 10.9 Å². The summed E-state index contributed by atoms with van der Waals surface area (Å²) in [7, 11) is 1.90. The van der Waals surface area contributed by atoms with Gasteiger partial charge in [0.25, 0.3) is 5.91 Å². The molecule has 2 bridgehead atoms. The lowest BCUT2D eigenvalue weighted by Gasteiger charge is -2.39. The molecule has 0 saturated carbocycles. The van der Waals surface area contributed by atoms with Gasteiger partial charge in [-0.15, -0.1) is 0 Å². The molecule has 4 aromatic rings. The molecular weight excluding hydrogens is 508 g/mol. The number of benzene rings is 2. The van der Waals surface area contributed by atoms with Crippen molar-refractivity contribution in [1.29, 1.82) is 0 Å². The van der Waals surface area contributed by atoms with Gasteiger partial charge < -0.3 is 14.4 Å². The van der Waals surface area contributed by atoms with Crippen LogP contribution in [-0.2, 0) is 17.8 Å². The number of hydrogen-bond donors (Lipinski definition) is 0. The first-order valence-corrected chi connectivity index (χ1v) is 14.1. The Balaban J connectivity index is 1.19. The number of rotatable bonds is 7. The molecule has 1 unspecified atom stereocenters. The van der Waals surface area contributed by atoms with Crippen LogP contribution >= 0.6 is 11.6 Å². The first kappa shape index (κ1) is 25.6. The highest BCUT2D eigenvalue weighted by atomic mass is 35.5. The molecular formula is C32H33ClN4O2. The number of likely N-dealkylation sites (N-methyl/N-ethyl adjacent to an activating group) is 1. The molecule has 2 saturated heterocycles. The summed E-state index contributed by atoms with van der Waals surface area (Å²) in [6, 6.07) is 22.2. The number of halogens is 1. The smallest absolute Gasteiger partial charge is 0.271 e. The number of aromatic nitrogens is 2. The average Bonchev–Trinajstić information content (AvgIpc) is 3.46. The van der Waals surface area contributed by atoms with Crippen molar-refractivity contribution in [1.82, 2.24) is 19.4 Å². The maximum atomic E-state index is 14.1. The van der Waals surface area contributed by atoms with Crippen LogP contribution < -0.4 is 0 Å². The molecule has 0 radical (unpaired) electrons. The SMILES string of the molecule is CN(CCc1ccncc1)C(=O)C1C[C@H]2CC[C@@H](C1)N2C(=O)c1cc2ccccc2n1Cc1ccc(Cl)cc1. The summed E-state index contributed by atoms with van der Waals surface area (Å²) in [4.78, 5) is 35.6. The van der Waals surface area contributed by atoms with Crippen molar-refractivity contribution in [3.8, 4) is 0 Å². The molecule has 0 aliphatic carbocycles. The summed E-state index contributed by atoms with van der Waals surface area (Å²) in [5.74, 6) is 0.239. The van der Waals surface area contributed by atoms with Crippen molar-refractivity contribution in [2.75, 3.05) is 13.6 Å². The number of hydrogen-bond acceptors (Lipinski definition) is 3. The lowest BCUT2D eigenvalue weighted by atomic mass is 9.89. The quantitative estimate of drug-likeness (QED) is 0.297. The van der Waals surface area contributed by atoms with Crippen molar-refractivity contribution in [3.05, 3.63) is 101 Å². The molecule has 6 rings (SSSR count). The minimum absolute atomic E-state index is 0.0334. The highest BCUT2D eigenvalue weighted by Gasteiger charge is 2.46. The van der Waals surface area contributed by atoms with Crippen molar-refractivity contribution < 1.29 is 9.59 Å².